The number of aliphatic carboxylic acids is 2. The van der Waals surface area contributed by atoms with E-state index in [1.165, 1.54) is 6.33 Å². The molecule has 132 valence electrons. The van der Waals surface area contributed by atoms with Crippen molar-refractivity contribution < 1.29 is 38.7 Å². The molecule has 0 bridgehead atoms. The van der Waals surface area contributed by atoms with Gasteiger partial charge in [0.15, 0.2) is 0 Å². The van der Waals surface area contributed by atoms with E-state index in [0.717, 1.165) is 6.92 Å². The third-order valence-electron chi connectivity index (χ3n) is 2.40. The number of aromatic nitrogens is 2. The first-order chi connectivity index (χ1) is 10.4. The summed E-state index contributed by atoms with van der Waals surface area (Å²) in [5.74, 6) is -2.39. The number of phosphoric acid groups is 1. The lowest BCUT2D eigenvalue weighted by Crippen LogP contribution is -2.41. The van der Waals surface area contributed by atoms with Gasteiger partial charge in [-0.25, -0.2) is 9.55 Å². The summed E-state index contributed by atoms with van der Waals surface area (Å²) in [6.07, 6.45) is 2.15. The second kappa shape index (κ2) is 9.35. The van der Waals surface area contributed by atoms with E-state index in [4.69, 9.17) is 31.5 Å². The predicted octanol–water partition coefficient (Wildman–Crippen LogP) is -1.74. The summed E-state index contributed by atoms with van der Waals surface area (Å²) in [5.41, 5.74) is 10.9. The van der Waals surface area contributed by atoms with Gasteiger partial charge in [-0.3, -0.25) is 14.1 Å². The van der Waals surface area contributed by atoms with E-state index in [2.05, 4.69) is 14.5 Å². The number of hydrogen-bond acceptors (Lipinski definition) is 7. The van der Waals surface area contributed by atoms with Crippen molar-refractivity contribution in [2.75, 3.05) is 0 Å². The first-order valence-electron chi connectivity index (χ1n) is 6.12. The van der Waals surface area contributed by atoms with Crippen LogP contribution in [0.4, 0.5) is 0 Å². The van der Waals surface area contributed by atoms with E-state index < -0.39 is 37.9 Å². The largest absolute Gasteiger partial charge is 0.480 e. The standard InChI is InChI=1S/C6H9N3O2.C4H10NO6P/c7-5(6(10)11)1-4-2-8-3-9-4;1-2(3(5)4(6)7)11-12(8,9)10/h2-3,5H,1,7H2,(H,8,9)(H,10,11);2-3H,5H2,1H3,(H,6,7)(H2,8,9,10)/t5-;2-,3+/m01/s1. The maximum atomic E-state index is 10.3. The van der Waals surface area contributed by atoms with Gasteiger partial charge in [0.2, 0.25) is 0 Å². The second-order valence-corrected chi connectivity index (χ2v) is 5.57. The Kier molecular flexibility index (Phi) is 8.61. The molecular weight excluding hydrogens is 335 g/mol. The fourth-order valence-corrected chi connectivity index (χ4v) is 1.76. The number of aromatic amines is 1. The number of carbonyl (C=O) groups is 2. The minimum absolute atomic E-state index is 0.263. The minimum atomic E-state index is -4.66. The van der Waals surface area contributed by atoms with Gasteiger partial charge in [0.05, 0.1) is 18.1 Å². The van der Waals surface area contributed by atoms with Gasteiger partial charge in [0, 0.05) is 12.6 Å². The van der Waals surface area contributed by atoms with Crippen LogP contribution in [0.15, 0.2) is 12.5 Å². The number of carboxylic acid groups (broad SMARTS) is 2. The Hall–Kier alpha value is -1.82. The lowest BCUT2D eigenvalue weighted by atomic mass is 10.2. The Morgan fingerprint density at radius 2 is 1.91 bits per heavy atom. The van der Waals surface area contributed by atoms with Crippen LogP contribution < -0.4 is 11.5 Å². The molecule has 0 aliphatic heterocycles. The van der Waals surface area contributed by atoms with E-state index >= 15 is 0 Å². The fourth-order valence-electron chi connectivity index (χ4n) is 1.20. The normalized spacial score (nSPS) is 15.0. The summed E-state index contributed by atoms with van der Waals surface area (Å²) in [4.78, 5) is 43.5. The molecule has 0 radical (unpaired) electrons. The number of nitrogens with one attached hydrogen (secondary N) is 1. The van der Waals surface area contributed by atoms with E-state index in [9.17, 15) is 14.2 Å². The van der Waals surface area contributed by atoms with Gasteiger partial charge < -0.3 is 36.5 Å². The average molecular weight is 354 g/mol. The van der Waals surface area contributed by atoms with Crippen LogP contribution in [0.2, 0.25) is 0 Å². The zero-order chi connectivity index (χ0) is 18.2. The van der Waals surface area contributed by atoms with Gasteiger partial charge in [0.25, 0.3) is 0 Å². The van der Waals surface area contributed by atoms with Crippen LogP contribution in [0.5, 0.6) is 0 Å². The van der Waals surface area contributed by atoms with Crippen molar-refractivity contribution >= 4 is 19.8 Å². The lowest BCUT2D eigenvalue weighted by Gasteiger charge is -2.16. The molecule has 0 unspecified atom stereocenters. The number of phosphoric ester groups is 1. The number of H-pyrrole nitrogens is 1. The molecule has 0 aliphatic carbocycles. The highest BCUT2D eigenvalue weighted by atomic mass is 31.2. The van der Waals surface area contributed by atoms with Crippen LogP contribution in [0.3, 0.4) is 0 Å². The number of hydrogen-bond donors (Lipinski definition) is 7. The quantitative estimate of drug-likeness (QED) is 0.272. The van der Waals surface area contributed by atoms with Gasteiger partial charge in [0.1, 0.15) is 12.1 Å². The SMILES string of the molecule is C[C@@H](OP(=O)(O)O)[C@H](N)C(=O)O.N[C@@H](Cc1c[nH]cn1)C(=O)O. The van der Waals surface area contributed by atoms with Gasteiger partial charge in [-0.2, -0.15) is 0 Å². The van der Waals surface area contributed by atoms with Crippen LogP contribution in [-0.2, 0) is 25.1 Å². The highest BCUT2D eigenvalue weighted by molar-refractivity contribution is 7.46. The monoisotopic (exact) mass is 354 g/mol. The molecule has 0 aromatic carbocycles. The maximum absolute atomic E-state index is 10.3. The van der Waals surface area contributed by atoms with Crippen molar-refractivity contribution in [3.05, 3.63) is 18.2 Å². The third-order valence-corrected chi connectivity index (χ3v) is 3.00. The molecule has 0 saturated heterocycles. The molecule has 0 aliphatic rings. The van der Waals surface area contributed by atoms with Crippen LogP contribution in [0.1, 0.15) is 12.6 Å². The van der Waals surface area contributed by atoms with Crippen LogP contribution in [0, 0.1) is 0 Å². The van der Waals surface area contributed by atoms with Crippen molar-refractivity contribution in [3.8, 4) is 0 Å². The van der Waals surface area contributed by atoms with Crippen molar-refractivity contribution in [3.63, 3.8) is 0 Å². The molecule has 3 atom stereocenters. The molecular formula is C10H19N4O8P. The first-order valence-corrected chi connectivity index (χ1v) is 7.65. The summed E-state index contributed by atoms with van der Waals surface area (Å²) in [6.45, 7) is 1.16. The van der Waals surface area contributed by atoms with E-state index in [0.29, 0.717) is 5.69 Å². The summed E-state index contributed by atoms with van der Waals surface area (Å²) >= 11 is 0. The summed E-state index contributed by atoms with van der Waals surface area (Å²) < 4.78 is 14.2. The molecule has 12 nitrogen and oxygen atoms in total. The fraction of sp³-hybridized carbons (Fsp3) is 0.500. The van der Waals surface area contributed by atoms with Crippen LogP contribution in [0.25, 0.3) is 0 Å². The molecule has 1 aromatic heterocycles. The molecule has 0 fully saturated rings. The van der Waals surface area contributed by atoms with Gasteiger partial charge in [-0.05, 0) is 6.92 Å². The molecule has 0 amide bonds. The van der Waals surface area contributed by atoms with E-state index in [1.807, 2.05) is 0 Å². The van der Waals surface area contributed by atoms with Gasteiger partial charge >= 0.3 is 19.8 Å². The van der Waals surface area contributed by atoms with Crippen LogP contribution >= 0.6 is 7.82 Å². The van der Waals surface area contributed by atoms with Crippen molar-refractivity contribution in [2.45, 2.75) is 31.5 Å². The Morgan fingerprint density at radius 1 is 1.35 bits per heavy atom. The van der Waals surface area contributed by atoms with E-state index in [1.54, 1.807) is 6.20 Å². The molecule has 0 saturated carbocycles. The second-order valence-electron chi connectivity index (χ2n) is 4.37. The zero-order valence-corrected chi connectivity index (χ0v) is 13.0. The maximum Gasteiger partial charge on any atom is 0.469 e. The topological polar surface area (TPSA) is 222 Å². The Balaban J connectivity index is 0.000000422. The number of imidazole rings is 1. The summed E-state index contributed by atoms with van der Waals surface area (Å²) in [5, 5.41) is 16.7. The number of nitrogens with zero attached hydrogens (tertiary/aromatic N) is 1. The minimum Gasteiger partial charge on any atom is -0.480 e. The lowest BCUT2D eigenvalue weighted by molar-refractivity contribution is -0.141. The van der Waals surface area contributed by atoms with Gasteiger partial charge in [-0.1, -0.05) is 0 Å². The van der Waals surface area contributed by atoms with Gasteiger partial charge in [-0.15, -0.1) is 0 Å². The molecule has 0 spiro atoms. The van der Waals surface area contributed by atoms with Crippen molar-refractivity contribution in [2.24, 2.45) is 11.5 Å². The number of carboxylic acids is 2. The summed E-state index contributed by atoms with van der Waals surface area (Å²) in [7, 11) is -4.66. The smallest absolute Gasteiger partial charge is 0.469 e. The summed E-state index contributed by atoms with van der Waals surface area (Å²) in [6, 6.07) is -2.31. The molecule has 1 rings (SSSR count). The molecule has 23 heavy (non-hydrogen) atoms. The first kappa shape index (κ1) is 21.2. The van der Waals surface area contributed by atoms with E-state index in [-0.39, 0.29) is 6.42 Å². The third kappa shape index (κ3) is 9.73. The van der Waals surface area contributed by atoms with Crippen molar-refractivity contribution in [1.29, 1.82) is 0 Å². The highest BCUT2D eigenvalue weighted by Crippen LogP contribution is 2.37. The van der Waals surface area contributed by atoms with Crippen molar-refractivity contribution in [1.82, 2.24) is 9.97 Å². The average Bonchev–Trinajstić information content (AvgIpc) is 2.89. The van der Waals surface area contributed by atoms with Crippen LogP contribution in [-0.4, -0.2) is 60.1 Å². The molecule has 1 heterocycles. The molecule has 13 heteroatoms. The molecule has 1 aromatic rings. The molecule has 9 N–H and O–H groups in total. The Bertz CT molecular complexity index is 545. The Labute approximate surface area is 130 Å². The predicted molar refractivity (Wildman–Crippen MR) is 76.1 cm³/mol. The number of nitrogens with two attached hydrogens (primary N) is 2. The number of rotatable bonds is 7. The Morgan fingerprint density at radius 3 is 2.26 bits per heavy atom. The zero-order valence-electron chi connectivity index (χ0n) is 12.1. The highest BCUT2D eigenvalue weighted by Gasteiger charge is 2.27.